The molecule has 0 aromatic carbocycles. The predicted octanol–water partition coefficient (Wildman–Crippen LogP) is 1.40. The molecule has 0 aliphatic carbocycles. The molecule has 20 heavy (non-hydrogen) atoms. The zero-order chi connectivity index (χ0) is 14.9. The first kappa shape index (κ1) is 13.5. The molecule has 0 bridgehead atoms. The Bertz CT molecular complexity index is 743. The van der Waals surface area contributed by atoms with Gasteiger partial charge in [-0.2, -0.15) is 0 Å². The summed E-state index contributed by atoms with van der Waals surface area (Å²) in [5.41, 5.74) is -0.794. The predicted molar refractivity (Wildman–Crippen MR) is 66.9 cm³/mol. The van der Waals surface area contributed by atoms with E-state index in [9.17, 15) is 19.7 Å². The van der Waals surface area contributed by atoms with Crippen LogP contribution in [0.5, 0.6) is 0 Å². The maximum Gasteiger partial charge on any atom is 0.371 e. The highest BCUT2D eigenvalue weighted by molar-refractivity contribution is 5.84. The third kappa shape index (κ3) is 2.44. The number of pyridine rings is 1. The summed E-state index contributed by atoms with van der Waals surface area (Å²) in [4.78, 5) is 32.6. The van der Waals surface area contributed by atoms with Crippen LogP contribution < -0.4 is 5.56 Å². The van der Waals surface area contributed by atoms with Gasteiger partial charge in [0.2, 0.25) is 5.76 Å². The fourth-order valence-electron chi connectivity index (χ4n) is 1.73. The van der Waals surface area contributed by atoms with Crippen LogP contribution in [-0.2, 0) is 6.54 Å². The molecule has 104 valence electrons. The van der Waals surface area contributed by atoms with Crippen molar-refractivity contribution in [1.82, 2.24) is 4.57 Å². The second-order valence-corrected chi connectivity index (χ2v) is 4.08. The summed E-state index contributed by atoms with van der Waals surface area (Å²) in [5.74, 6) is -1.25. The summed E-state index contributed by atoms with van der Waals surface area (Å²) in [6, 6.07) is 5.25. The van der Waals surface area contributed by atoms with Crippen LogP contribution in [0.3, 0.4) is 0 Å². The van der Waals surface area contributed by atoms with Crippen molar-refractivity contribution in [3.05, 3.63) is 61.9 Å². The Morgan fingerprint density at radius 3 is 2.65 bits per heavy atom. The third-order valence-corrected chi connectivity index (χ3v) is 2.76. The van der Waals surface area contributed by atoms with Crippen LogP contribution in [-0.4, -0.2) is 20.6 Å². The number of carboxylic acid groups (broad SMARTS) is 1. The Balaban J connectivity index is 2.42. The zero-order valence-corrected chi connectivity index (χ0v) is 10.4. The molecule has 0 aliphatic rings. The zero-order valence-electron chi connectivity index (χ0n) is 10.4. The lowest BCUT2D eigenvalue weighted by Gasteiger charge is -2.07. The molecule has 0 radical (unpaired) electrons. The molecular weight excluding hydrogens is 268 g/mol. The van der Waals surface area contributed by atoms with Crippen LogP contribution in [0.25, 0.3) is 0 Å². The number of hydrogen-bond donors (Lipinski definition) is 1. The fourth-order valence-corrected chi connectivity index (χ4v) is 1.73. The van der Waals surface area contributed by atoms with E-state index >= 15 is 0 Å². The highest BCUT2D eigenvalue weighted by Gasteiger charge is 2.17. The molecule has 0 atom stereocenters. The first-order valence-corrected chi connectivity index (χ1v) is 5.57. The minimum Gasteiger partial charge on any atom is -0.475 e. The first-order chi connectivity index (χ1) is 9.40. The van der Waals surface area contributed by atoms with Crippen molar-refractivity contribution in [2.24, 2.45) is 0 Å². The second-order valence-electron chi connectivity index (χ2n) is 4.08. The van der Waals surface area contributed by atoms with Crippen LogP contribution in [0.15, 0.2) is 33.5 Å². The average Bonchev–Trinajstić information content (AvgIpc) is 2.82. The molecular formula is C12H10N2O6. The van der Waals surface area contributed by atoms with E-state index in [1.54, 1.807) is 6.92 Å². The van der Waals surface area contributed by atoms with E-state index < -0.39 is 22.1 Å². The van der Waals surface area contributed by atoms with E-state index in [0.29, 0.717) is 5.69 Å². The number of nitrogens with zero attached hydrogens (tertiary/aromatic N) is 2. The van der Waals surface area contributed by atoms with Gasteiger partial charge in [0.15, 0.2) is 0 Å². The number of carbonyl (C=O) groups is 1. The van der Waals surface area contributed by atoms with E-state index in [0.717, 1.165) is 10.6 Å². The van der Waals surface area contributed by atoms with Crippen LogP contribution >= 0.6 is 0 Å². The summed E-state index contributed by atoms with van der Waals surface area (Å²) in [5, 5.41) is 19.5. The molecule has 1 N–H and O–H groups in total. The molecule has 2 heterocycles. The van der Waals surface area contributed by atoms with Gasteiger partial charge < -0.3 is 9.52 Å². The quantitative estimate of drug-likeness (QED) is 0.667. The van der Waals surface area contributed by atoms with Crippen molar-refractivity contribution in [2.45, 2.75) is 13.5 Å². The number of aromatic carboxylic acids is 1. The van der Waals surface area contributed by atoms with Gasteiger partial charge in [-0.05, 0) is 25.1 Å². The topological polar surface area (TPSA) is 116 Å². The van der Waals surface area contributed by atoms with Crippen molar-refractivity contribution in [1.29, 1.82) is 0 Å². The van der Waals surface area contributed by atoms with Crippen LogP contribution in [0.2, 0.25) is 0 Å². The largest absolute Gasteiger partial charge is 0.475 e. The normalized spacial score (nSPS) is 10.4. The first-order valence-electron chi connectivity index (χ1n) is 5.57. The molecule has 2 aromatic rings. The third-order valence-electron chi connectivity index (χ3n) is 2.76. The Hall–Kier alpha value is -2.90. The summed E-state index contributed by atoms with van der Waals surface area (Å²) >= 11 is 0. The molecule has 0 saturated heterocycles. The van der Waals surface area contributed by atoms with Gasteiger partial charge in [-0.3, -0.25) is 19.5 Å². The Labute approximate surface area is 112 Å². The maximum absolute atomic E-state index is 11.9. The highest BCUT2D eigenvalue weighted by Crippen LogP contribution is 2.12. The van der Waals surface area contributed by atoms with Gasteiger partial charge in [-0.15, -0.1) is 0 Å². The molecule has 8 heteroatoms. The van der Waals surface area contributed by atoms with Crippen LogP contribution in [0.1, 0.15) is 22.0 Å². The molecule has 0 amide bonds. The minimum absolute atomic E-state index is 0.0698. The minimum atomic E-state index is -1.22. The van der Waals surface area contributed by atoms with Gasteiger partial charge in [0.05, 0.1) is 11.5 Å². The molecule has 0 fully saturated rings. The van der Waals surface area contributed by atoms with Crippen LogP contribution in [0.4, 0.5) is 5.69 Å². The van der Waals surface area contributed by atoms with E-state index in [4.69, 9.17) is 9.52 Å². The molecule has 2 aromatic heterocycles. The van der Waals surface area contributed by atoms with Crippen LogP contribution in [0, 0.1) is 17.0 Å². The van der Waals surface area contributed by atoms with Crippen molar-refractivity contribution in [3.8, 4) is 0 Å². The standard InChI is InChI=1S/C12H10N2O6/c1-7-2-4-9(14(18)19)11(15)13(7)6-8-3-5-10(20-8)12(16)17/h2-5H,6H2,1H3,(H,16,17). The summed E-state index contributed by atoms with van der Waals surface area (Å²) < 4.78 is 6.19. The Kier molecular flexibility index (Phi) is 3.38. The lowest BCUT2D eigenvalue weighted by molar-refractivity contribution is -0.386. The smallest absolute Gasteiger partial charge is 0.371 e. The number of nitro groups is 1. The maximum atomic E-state index is 11.9. The Morgan fingerprint density at radius 1 is 1.40 bits per heavy atom. The molecule has 0 spiro atoms. The van der Waals surface area contributed by atoms with Gasteiger partial charge in [0.1, 0.15) is 5.76 Å². The molecule has 0 aliphatic heterocycles. The second kappa shape index (κ2) is 5.00. The van der Waals surface area contributed by atoms with E-state index in [-0.39, 0.29) is 18.1 Å². The van der Waals surface area contributed by atoms with Crippen molar-refractivity contribution in [2.75, 3.05) is 0 Å². The SMILES string of the molecule is Cc1ccc([N+](=O)[O-])c(=O)n1Cc1ccc(C(=O)O)o1. The summed E-state index contributed by atoms with van der Waals surface area (Å²) in [6.07, 6.45) is 0. The molecule has 2 rings (SSSR count). The van der Waals surface area contributed by atoms with Crippen molar-refractivity contribution >= 4 is 11.7 Å². The average molecular weight is 278 g/mol. The van der Waals surface area contributed by atoms with E-state index in [2.05, 4.69) is 0 Å². The lowest BCUT2D eigenvalue weighted by Crippen LogP contribution is -2.24. The number of aromatic nitrogens is 1. The summed E-state index contributed by atoms with van der Waals surface area (Å²) in [6.45, 7) is 1.55. The molecule has 8 nitrogen and oxygen atoms in total. The van der Waals surface area contributed by atoms with Gasteiger partial charge >= 0.3 is 17.2 Å². The molecule has 0 unspecified atom stereocenters. The fraction of sp³-hybridized carbons (Fsp3) is 0.167. The number of rotatable bonds is 4. The van der Waals surface area contributed by atoms with Gasteiger partial charge in [-0.1, -0.05) is 0 Å². The Morgan fingerprint density at radius 2 is 2.10 bits per heavy atom. The number of aryl methyl sites for hydroxylation is 1. The number of carboxylic acids is 1. The van der Waals surface area contributed by atoms with Crippen molar-refractivity contribution in [3.63, 3.8) is 0 Å². The lowest BCUT2D eigenvalue weighted by atomic mass is 10.3. The number of hydrogen-bond acceptors (Lipinski definition) is 5. The monoisotopic (exact) mass is 278 g/mol. The van der Waals surface area contributed by atoms with Gasteiger partial charge in [-0.25, -0.2) is 4.79 Å². The van der Waals surface area contributed by atoms with E-state index in [1.807, 2.05) is 0 Å². The van der Waals surface area contributed by atoms with Gasteiger partial charge in [0.25, 0.3) is 0 Å². The van der Waals surface area contributed by atoms with Crippen molar-refractivity contribution < 1.29 is 19.2 Å². The number of furan rings is 1. The highest BCUT2D eigenvalue weighted by atomic mass is 16.6. The van der Waals surface area contributed by atoms with E-state index in [1.165, 1.54) is 18.2 Å². The summed E-state index contributed by atoms with van der Waals surface area (Å²) in [7, 11) is 0. The molecule has 0 saturated carbocycles. The van der Waals surface area contributed by atoms with Gasteiger partial charge in [0, 0.05) is 11.8 Å².